The molecule has 4 N–H and O–H groups in total. The Bertz CT molecular complexity index is 2580. The average Bonchev–Trinajstić information content (AvgIpc) is 4.21. The van der Waals surface area contributed by atoms with Gasteiger partial charge in [-0.3, -0.25) is 9.59 Å². The molecule has 0 aliphatic carbocycles. The summed E-state index contributed by atoms with van der Waals surface area (Å²) in [6.45, 7) is 10.6. The van der Waals surface area contributed by atoms with Crippen molar-refractivity contribution in [1.29, 1.82) is 0 Å². The van der Waals surface area contributed by atoms with E-state index in [-0.39, 0.29) is 41.8 Å². The Morgan fingerprint density at radius 3 is 1.90 bits per heavy atom. The standard InChI is InChI=1S/C52H64N12O4/c1-33(2)47(61-45-19-21-53-31-57-45)51(65)63-23-11-12-42(63)49-55-28-40(59-49)36-15-13-35(14-16-36)37-17-18-39-41-29-56-50(60-41)43-27-38(67-24-9-7-5-6-8-10-25-68-44(39)26-37)30-64(43)52(66)48(34(3)4)62-46-20-22-54-32-58-46/h13-22,26,28-29,31-34,38,42-43,47-48H,5-12,23-25,27,30H2,1-4H3,(H,55,59)(H,56,60)(H,53,57,61)(H,54,58,62)/t38-,42-,43-,47+,48-/m0/s1. The van der Waals surface area contributed by atoms with E-state index < -0.39 is 12.1 Å². The first-order valence-electron chi connectivity index (χ1n) is 24.5. The summed E-state index contributed by atoms with van der Waals surface area (Å²) >= 11 is 0. The molecule has 4 aromatic heterocycles. The number of ether oxygens (including phenoxy) is 2. The Balaban J connectivity index is 0.936. The number of carbonyl (C=O) groups excluding carboxylic acids is 2. The number of nitrogens with zero attached hydrogens (tertiary/aromatic N) is 8. The molecule has 0 spiro atoms. The number of anilines is 2. The SMILES string of the molecule is CC(C)[C@H](Nc1ccncn1)C(=O)N1C[C@@H]2C[C@H]1c1ncc([nH]1)-c1ccc(-c3ccc(-c4cnc([C@@H]5CCCN5C(=O)[C@H](Nc5ccncn5)C(C)C)[nH]4)cc3)cc1OCCCCCCCCO2. The third-order valence-corrected chi connectivity index (χ3v) is 13.5. The molecule has 2 fully saturated rings. The van der Waals surface area contributed by atoms with Crippen LogP contribution < -0.4 is 15.4 Å². The van der Waals surface area contributed by atoms with Gasteiger partial charge in [0.1, 0.15) is 53.8 Å². The zero-order valence-corrected chi connectivity index (χ0v) is 39.6. The van der Waals surface area contributed by atoms with Crippen LogP contribution in [-0.2, 0) is 14.3 Å². The molecule has 356 valence electrons. The minimum absolute atomic E-state index is 0.00228. The summed E-state index contributed by atoms with van der Waals surface area (Å²) in [7, 11) is 0. The number of aromatic amines is 2. The van der Waals surface area contributed by atoms with Crippen LogP contribution in [0.4, 0.5) is 11.6 Å². The molecule has 2 aromatic carbocycles. The maximum Gasteiger partial charge on any atom is 0.246 e. The van der Waals surface area contributed by atoms with Crippen molar-refractivity contribution < 1.29 is 19.1 Å². The van der Waals surface area contributed by atoms with Crippen LogP contribution in [0.5, 0.6) is 5.75 Å². The number of rotatable bonds is 11. The number of benzene rings is 2. The molecule has 2 saturated heterocycles. The van der Waals surface area contributed by atoms with Gasteiger partial charge in [-0.1, -0.05) is 83.7 Å². The maximum absolute atomic E-state index is 14.5. The second-order valence-electron chi connectivity index (χ2n) is 19.0. The van der Waals surface area contributed by atoms with Crippen LogP contribution in [0.2, 0.25) is 0 Å². The number of amides is 2. The van der Waals surface area contributed by atoms with Gasteiger partial charge < -0.3 is 39.9 Å². The summed E-state index contributed by atoms with van der Waals surface area (Å²) in [5.41, 5.74) is 5.72. The van der Waals surface area contributed by atoms with Crippen molar-refractivity contribution in [1.82, 2.24) is 49.7 Å². The van der Waals surface area contributed by atoms with Crippen molar-refractivity contribution in [3.8, 4) is 39.4 Å². The number of hydrogen-bond acceptors (Lipinski definition) is 12. The van der Waals surface area contributed by atoms with Crippen molar-refractivity contribution in [3.05, 3.63) is 104 Å². The average molecular weight is 921 g/mol. The smallest absolute Gasteiger partial charge is 0.246 e. The van der Waals surface area contributed by atoms with Crippen LogP contribution in [0.1, 0.15) is 109 Å². The molecule has 0 radical (unpaired) electrons. The van der Waals surface area contributed by atoms with Crippen molar-refractivity contribution in [3.63, 3.8) is 0 Å². The first-order chi connectivity index (χ1) is 33.2. The lowest BCUT2D eigenvalue weighted by Gasteiger charge is -2.30. The van der Waals surface area contributed by atoms with Crippen molar-refractivity contribution in [2.45, 2.75) is 116 Å². The van der Waals surface area contributed by atoms with E-state index in [0.29, 0.717) is 44.4 Å². The third-order valence-electron chi connectivity index (χ3n) is 13.5. The molecule has 6 aromatic rings. The fourth-order valence-corrected chi connectivity index (χ4v) is 9.72. The van der Waals surface area contributed by atoms with E-state index in [1.54, 1.807) is 24.5 Å². The van der Waals surface area contributed by atoms with Crippen molar-refractivity contribution in [2.75, 3.05) is 36.9 Å². The quantitative estimate of drug-likeness (QED) is 0.0966. The summed E-state index contributed by atoms with van der Waals surface area (Å²) in [6, 6.07) is 17.0. The highest BCUT2D eigenvalue weighted by Gasteiger charge is 2.42. The van der Waals surface area contributed by atoms with Crippen LogP contribution >= 0.6 is 0 Å². The number of hydrogen-bond donors (Lipinski definition) is 4. The van der Waals surface area contributed by atoms with Crippen molar-refractivity contribution >= 4 is 23.5 Å². The summed E-state index contributed by atoms with van der Waals surface area (Å²) in [5, 5.41) is 6.71. The number of fused-ring (bicyclic) bond motifs is 7. The van der Waals surface area contributed by atoms with Gasteiger partial charge in [-0.2, -0.15) is 0 Å². The molecular formula is C52H64N12O4. The van der Waals surface area contributed by atoms with Gasteiger partial charge in [0.05, 0.1) is 48.6 Å². The Morgan fingerprint density at radius 2 is 1.24 bits per heavy atom. The summed E-state index contributed by atoms with van der Waals surface area (Å²) in [4.78, 5) is 66.0. The normalized spacial score (nSPS) is 20.0. The van der Waals surface area contributed by atoms with E-state index >= 15 is 0 Å². The Hall–Kier alpha value is -6.68. The highest BCUT2D eigenvalue weighted by atomic mass is 16.5. The Kier molecular flexibility index (Phi) is 14.7. The summed E-state index contributed by atoms with van der Waals surface area (Å²) < 4.78 is 13.1. The first kappa shape index (κ1) is 46.4. The van der Waals surface area contributed by atoms with Gasteiger partial charge in [0, 0.05) is 44.1 Å². The van der Waals surface area contributed by atoms with Gasteiger partial charge in [0.2, 0.25) is 11.8 Å². The highest BCUT2D eigenvalue weighted by Crippen LogP contribution is 2.39. The number of aromatic nitrogens is 8. The molecule has 2 amide bonds. The summed E-state index contributed by atoms with van der Waals surface area (Å²) in [6.07, 6.45) is 18.8. The second kappa shape index (κ2) is 21.5. The van der Waals surface area contributed by atoms with E-state index in [4.69, 9.17) is 19.4 Å². The van der Waals surface area contributed by atoms with E-state index in [1.165, 1.54) is 12.7 Å². The van der Waals surface area contributed by atoms with Gasteiger partial charge in [-0.25, -0.2) is 29.9 Å². The molecule has 9 rings (SSSR count). The Labute approximate surface area is 398 Å². The summed E-state index contributed by atoms with van der Waals surface area (Å²) in [5.74, 6) is 3.62. The lowest BCUT2D eigenvalue weighted by atomic mass is 10.00. The highest BCUT2D eigenvalue weighted by molar-refractivity contribution is 5.86. The fraction of sp³-hybridized carbons (Fsp3) is 0.462. The van der Waals surface area contributed by atoms with Crippen LogP contribution in [0.25, 0.3) is 33.6 Å². The van der Waals surface area contributed by atoms with Crippen LogP contribution in [0, 0.1) is 11.8 Å². The third kappa shape index (κ3) is 10.7. The van der Waals surface area contributed by atoms with Crippen LogP contribution in [0.3, 0.4) is 0 Å². The van der Waals surface area contributed by atoms with Gasteiger partial charge in [0.25, 0.3) is 0 Å². The van der Waals surface area contributed by atoms with E-state index in [0.717, 1.165) is 102 Å². The van der Waals surface area contributed by atoms with E-state index in [1.807, 2.05) is 49.9 Å². The largest absolute Gasteiger partial charge is 0.493 e. The number of likely N-dealkylation sites (tertiary alicyclic amines) is 2. The molecule has 3 aliphatic rings. The maximum atomic E-state index is 14.5. The zero-order valence-electron chi connectivity index (χ0n) is 39.6. The molecule has 3 aliphatic heterocycles. The predicted octanol–water partition coefficient (Wildman–Crippen LogP) is 9.04. The zero-order chi connectivity index (χ0) is 47.0. The van der Waals surface area contributed by atoms with Crippen LogP contribution in [0.15, 0.2) is 92.0 Å². The number of imidazole rings is 2. The molecule has 16 nitrogen and oxygen atoms in total. The molecule has 68 heavy (non-hydrogen) atoms. The second-order valence-corrected chi connectivity index (χ2v) is 19.0. The predicted molar refractivity (Wildman–Crippen MR) is 261 cm³/mol. The minimum Gasteiger partial charge on any atom is -0.493 e. The molecule has 16 heteroatoms. The van der Waals surface area contributed by atoms with Crippen LogP contribution in [-0.4, -0.2) is 106 Å². The first-order valence-corrected chi connectivity index (χ1v) is 24.5. The molecular weight excluding hydrogens is 857 g/mol. The van der Waals surface area contributed by atoms with Gasteiger partial charge in [-0.05, 0) is 78.5 Å². The molecule has 4 bridgehead atoms. The molecule has 0 saturated carbocycles. The fourth-order valence-electron chi connectivity index (χ4n) is 9.72. The van der Waals surface area contributed by atoms with E-state index in [2.05, 4.69) is 83.0 Å². The van der Waals surface area contributed by atoms with E-state index in [9.17, 15) is 9.59 Å². The van der Waals surface area contributed by atoms with Gasteiger partial charge >= 0.3 is 0 Å². The topological polar surface area (TPSA) is 192 Å². The lowest BCUT2D eigenvalue weighted by Crippen LogP contribution is -2.46. The molecule has 5 atom stereocenters. The Morgan fingerprint density at radius 1 is 0.647 bits per heavy atom. The lowest BCUT2D eigenvalue weighted by molar-refractivity contribution is -0.135. The number of H-pyrrole nitrogens is 2. The van der Waals surface area contributed by atoms with Crippen molar-refractivity contribution in [2.24, 2.45) is 11.8 Å². The number of carbonyl (C=O) groups is 2. The van der Waals surface area contributed by atoms with Gasteiger partial charge in [0.15, 0.2) is 0 Å². The number of nitrogens with one attached hydrogen (secondary N) is 4. The molecule has 0 unspecified atom stereocenters. The molecule has 7 heterocycles. The minimum atomic E-state index is -0.497. The van der Waals surface area contributed by atoms with Gasteiger partial charge in [-0.15, -0.1) is 0 Å². The monoisotopic (exact) mass is 921 g/mol.